The van der Waals surface area contributed by atoms with Crippen LogP contribution in [0.2, 0.25) is 0 Å². The van der Waals surface area contributed by atoms with Gasteiger partial charge >= 0.3 is 5.97 Å². The molecule has 25 heavy (non-hydrogen) atoms. The van der Waals surface area contributed by atoms with E-state index >= 15 is 0 Å². The summed E-state index contributed by atoms with van der Waals surface area (Å²) in [5, 5.41) is 10.8. The van der Waals surface area contributed by atoms with E-state index in [-0.39, 0.29) is 24.0 Å². The van der Waals surface area contributed by atoms with Crippen LogP contribution < -0.4 is 0 Å². The molecule has 2 aromatic rings. The Morgan fingerprint density at radius 2 is 1.68 bits per heavy atom. The molecule has 0 aliphatic heterocycles. The molecule has 2 aromatic carbocycles. The van der Waals surface area contributed by atoms with E-state index in [9.17, 15) is 19.7 Å². The Bertz CT molecular complexity index is 800. The third-order valence-corrected chi connectivity index (χ3v) is 4.43. The maximum absolute atomic E-state index is 12.8. The van der Waals surface area contributed by atoms with Crippen LogP contribution in [0.4, 0.5) is 5.69 Å². The lowest BCUT2D eigenvalue weighted by Gasteiger charge is -2.01. The van der Waals surface area contributed by atoms with Crippen molar-refractivity contribution in [3.8, 4) is 0 Å². The number of carbonyl (C=O) groups is 2. The molecule has 0 radical (unpaired) electrons. The van der Waals surface area contributed by atoms with Gasteiger partial charge in [0.15, 0.2) is 5.78 Å². The van der Waals surface area contributed by atoms with Crippen molar-refractivity contribution >= 4 is 17.4 Å². The number of rotatable bonds is 6. The molecule has 0 saturated heterocycles. The number of hydrogen-bond acceptors (Lipinski definition) is 5. The van der Waals surface area contributed by atoms with Crippen LogP contribution in [0.25, 0.3) is 0 Å². The van der Waals surface area contributed by atoms with Gasteiger partial charge in [-0.25, -0.2) is 0 Å². The highest BCUT2D eigenvalue weighted by Crippen LogP contribution is 2.56. The van der Waals surface area contributed by atoms with Crippen molar-refractivity contribution in [1.29, 1.82) is 0 Å². The van der Waals surface area contributed by atoms with Crippen LogP contribution in [0.3, 0.4) is 0 Å². The van der Waals surface area contributed by atoms with Crippen LogP contribution >= 0.6 is 0 Å². The second kappa shape index (κ2) is 6.84. The fourth-order valence-corrected chi connectivity index (χ4v) is 3.20. The number of ketones is 1. The third kappa shape index (κ3) is 3.28. The highest BCUT2D eigenvalue weighted by Gasteiger charge is 2.60. The zero-order valence-electron chi connectivity index (χ0n) is 13.6. The number of Topliss-reactive ketones (excluding diaryl/α,β-unsaturated/α-hetero) is 1. The van der Waals surface area contributed by atoms with Crippen LogP contribution in [0.5, 0.6) is 0 Å². The summed E-state index contributed by atoms with van der Waals surface area (Å²) in [6.07, 6.45) is 0. The van der Waals surface area contributed by atoms with Crippen molar-refractivity contribution in [3.63, 3.8) is 0 Å². The molecule has 1 aliphatic rings. The maximum atomic E-state index is 12.8. The molecule has 6 nitrogen and oxygen atoms in total. The molecule has 3 rings (SSSR count). The molecule has 6 heteroatoms. The first-order valence-electron chi connectivity index (χ1n) is 8.04. The standard InChI is InChI=1S/C19H17NO5/c1-2-25-19(22)17-15(12-8-10-14(11-9-12)20(23)24)16(17)18(21)13-6-4-3-5-7-13/h3-11,15-17H,2H2,1H3. The van der Waals surface area contributed by atoms with Crippen molar-refractivity contribution in [2.45, 2.75) is 12.8 Å². The monoisotopic (exact) mass is 339 g/mol. The summed E-state index contributed by atoms with van der Waals surface area (Å²) < 4.78 is 5.10. The number of nitro benzene ring substituents is 1. The van der Waals surface area contributed by atoms with Gasteiger partial charge in [0.05, 0.1) is 17.4 Å². The molecule has 0 spiro atoms. The minimum atomic E-state index is -0.547. The topological polar surface area (TPSA) is 86.5 Å². The van der Waals surface area contributed by atoms with E-state index in [2.05, 4.69) is 0 Å². The normalized spacial score (nSPS) is 21.4. The SMILES string of the molecule is CCOC(=O)C1C(C(=O)c2ccccc2)C1c1ccc([N+](=O)[O-])cc1. The largest absolute Gasteiger partial charge is 0.466 e. The van der Waals surface area contributed by atoms with Gasteiger partial charge in [-0.2, -0.15) is 0 Å². The predicted molar refractivity (Wildman–Crippen MR) is 90.2 cm³/mol. The first-order valence-corrected chi connectivity index (χ1v) is 8.04. The van der Waals surface area contributed by atoms with E-state index in [4.69, 9.17) is 4.74 Å². The third-order valence-electron chi connectivity index (χ3n) is 4.43. The van der Waals surface area contributed by atoms with Gasteiger partial charge in [0.1, 0.15) is 0 Å². The molecule has 0 bridgehead atoms. The Morgan fingerprint density at radius 3 is 2.24 bits per heavy atom. The molecule has 0 heterocycles. The lowest BCUT2D eigenvalue weighted by atomic mass is 10.0. The van der Waals surface area contributed by atoms with Gasteiger partial charge in [0.2, 0.25) is 0 Å². The van der Waals surface area contributed by atoms with E-state index in [1.807, 2.05) is 6.07 Å². The number of nitro groups is 1. The summed E-state index contributed by atoms with van der Waals surface area (Å²) in [4.78, 5) is 35.3. The molecule has 0 N–H and O–H groups in total. The maximum Gasteiger partial charge on any atom is 0.310 e. The number of non-ortho nitro benzene ring substituents is 1. The van der Waals surface area contributed by atoms with E-state index in [0.29, 0.717) is 5.56 Å². The summed E-state index contributed by atoms with van der Waals surface area (Å²) >= 11 is 0. The lowest BCUT2D eigenvalue weighted by molar-refractivity contribution is -0.384. The Kier molecular flexibility index (Phi) is 4.61. The Labute approximate surface area is 144 Å². The smallest absolute Gasteiger partial charge is 0.310 e. The molecule has 3 atom stereocenters. The van der Waals surface area contributed by atoms with E-state index < -0.39 is 22.7 Å². The number of esters is 1. The fraction of sp³-hybridized carbons (Fsp3) is 0.263. The molecule has 0 amide bonds. The second-order valence-corrected chi connectivity index (χ2v) is 5.91. The Morgan fingerprint density at radius 1 is 1.04 bits per heavy atom. The number of carbonyl (C=O) groups excluding carboxylic acids is 2. The van der Waals surface area contributed by atoms with Crippen molar-refractivity contribution in [1.82, 2.24) is 0 Å². The number of benzene rings is 2. The second-order valence-electron chi connectivity index (χ2n) is 5.91. The first kappa shape index (κ1) is 16.8. The van der Waals surface area contributed by atoms with Crippen molar-refractivity contribution in [2.24, 2.45) is 11.8 Å². The van der Waals surface area contributed by atoms with Crippen molar-refractivity contribution in [2.75, 3.05) is 6.61 Å². The molecule has 128 valence electrons. The van der Waals surface area contributed by atoms with Gasteiger partial charge in [-0.1, -0.05) is 42.5 Å². The molecule has 1 fully saturated rings. The van der Waals surface area contributed by atoms with Gasteiger partial charge in [-0.3, -0.25) is 19.7 Å². The van der Waals surface area contributed by atoms with Gasteiger partial charge in [-0.05, 0) is 12.5 Å². The summed E-state index contributed by atoms with van der Waals surface area (Å²) in [6.45, 7) is 1.96. The molecular weight excluding hydrogens is 322 g/mol. The molecule has 1 saturated carbocycles. The Hall–Kier alpha value is -3.02. The summed E-state index contributed by atoms with van der Waals surface area (Å²) in [5.74, 6) is -1.87. The zero-order valence-corrected chi connectivity index (χ0v) is 13.6. The Balaban J connectivity index is 1.88. The summed E-state index contributed by atoms with van der Waals surface area (Å²) in [7, 11) is 0. The molecular formula is C19H17NO5. The van der Waals surface area contributed by atoms with Crippen LogP contribution in [-0.2, 0) is 9.53 Å². The molecule has 1 aliphatic carbocycles. The minimum absolute atomic E-state index is 0.0250. The van der Waals surface area contributed by atoms with Crippen LogP contribution in [-0.4, -0.2) is 23.3 Å². The van der Waals surface area contributed by atoms with Gasteiger partial charge in [0, 0.05) is 29.5 Å². The predicted octanol–water partition coefficient (Wildman–Crippen LogP) is 3.37. The average Bonchev–Trinajstić information content (AvgIpc) is 3.38. The fourth-order valence-electron chi connectivity index (χ4n) is 3.20. The van der Waals surface area contributed by atoms with Gasteiger partial charge < -0.3 is 4.74 Å². The van der Waals surface area contributed by atoms with Crippen molar-refractivity contribution in [3.05, 3.63) is 75.8 Å². The average molecular weight is 339 g/mol. The number of ether oxygens (including phenoxy) is 1. The molecule has 0 aromatic heterocycles. The lowest BCUT2D eigenvalue weighted by Crippen LogP contribution is -2.11. The van der Waals surface area contributed by atoms with Gasteiger partial charge in [0.25, 0.3) is 5.69 Å². The molecule has 3 unspecified atom stereocenters. The summed E-state index contributed by atoms with van der Waals surface area (Å²) in [6, 6.07) is 14.8. The van der Waals surface area contributed by atoms with E-state index in [1.54, 1.807) is 43.3 Å². The van der Waals surface area contributed by atoms with Crippen LogP contribution in [0.15, 0.2) is 54.6 Å². The van der Waals surface area contributed by atoms with Gasteiger partial charge in [-0.15, -0.1) is 0 Å². The van der Waals surface area contributed by atoms with E-state index in [1.165, 1.54) is 12.1 Å². The first-order chi connectivity index (χ1) is 12.0. The van der Waals surface area contributed by atoms with Crippen LogP contribution in [0.1, 0.15) is 28.8 Å². The summed E-state index contributed by atoms with van der Waals surface area (Å²) in [5.41, 5.74) is 1.26. The van der Waals surface area contributed by atoms with Crippen LogP contribution in [0, 0.1) is 22.0 Å². The number of nitrogens with zero attached hydrogens (tertiary/aromatic N) is 1. The van der Waals surface area contributed by atoms with E-state index in [0.717, 1.165) is 5.56 Å². The minimum Gasteiger partial charge on any atom is -0.466 e. The van der Waals surface area contributed by atoms with Crippen molar-refractivity contribution < 1.29 is 19.2 Å². The number of hydrogen-bond donors (Lipinski definition) is 0. The quantitative estimate of drug-likeness (QED) is 0.348. The highest BCUT2D eigenvalue weighted by molar-refractivity contribution is 6.04. The zero-order chi connectivity index (χ0) is 18.0. The highest BCUT2D eigenvalue weighted by atomic mass is 16.6.